The number of aryl methyl sites for hydroxylation is 1. The number of hydrogen-bond donors (Lipinski definition) is 1. The van der Waals surface area contributed by atoms with Crippen molar-refractivity contribution in [2.45, 2.75) is 23.9 Å². The van der Waals surface area contributed by atoms with E-state index in [-0.39, 0.29) is 6.61 Å². The van der Waals surface area contributed by atoms with Crippen LogP contribution in [0, 0.1) is 0 Å². The van der Waals surface area contributed by atoms with Crippen LogP contribution in [0.4, 0.5) is 0 Å². The summed E-state index contributed by atoms with van der Waals surface area (Å²) in [5.41, 5.74) is 3.64. The van der Waals surface area contributed by atoms with Gasteiger partial charge < -0.3 is 14.6 Å². The lowest BCUT2D eigenvalue weighted by Crippen LogP contribution is -1.98. The number of aliphatic hydroxyl groups excluding tert-OH is 1. The topological polar surface area (TPSA) is 69.4 Å². The predicted molar refractivity (Wildman–Crippen MR) is 118 cm³/mol. The number of hydrogen-bond acceptors (Lipinski definition) is 6. The van der Waals surface area contributed by atoms with Crippen LogP contribution in [0.2, 0.25) is 0 Å². The molecule has 0 saturated heterocycles. The molecule has 0 amide bonds. The van der Waals surface area contributed by atoms with Crippen molar-refractivity contribution in [1.82, 2.24) is 14.8 Å². The first-order valence-corrected chi connectivity index (χ1v) is 10.5. The fourth-order valence-corrected chi connectivity index (χ4v) is 4.14. The molecule has 0 fully saturated rings. The minimum atomic E-state index is -0.0521. The third kappa shape index (κ3) is 4.58. The summed E-state index contributed by atoms with van der Waals surface area (Å²) in [4.78, 5) is 5.60. The smallest absolute Gasteiger partial charge is 0.147 e. The summed E-state index contributed by atoms with van der Waals surface area (Å²) < 4.78 is 13.2. The molecule has 6 nitrogen and oxygen atoms in total. The highest BCUT2D eigenvalue weighted by atomic mass is 32.2. The van der Waals surface area contributed by atoms with Crippen LogP contribution in [-0.4, -0.2) is 27.0 Å². The lowest BCUT2D eigenvalue weighted by molar-refractivity contribution is 0.275. The lowest BCUT2D eigenvalue weighted by Gasteiger charge is -2.12. The summed E-state index contributed by atoms with van der Waals surface area (Å²) in [6, 6.07) is 17.9. The van der Waals surface area contributed by atoms with Gasteiger partial charge in [-0.3, -0.25) is 9.67 Å². The number of methoxy groups -OCH3 is 1. The molecular formula is C23H23N3O3S. The van der Waals surface area contributed by atoms with Gasteiger partial charge in [-0.15, -0.1) is 11.8 Å². The molecule has 1 N–H and O–H groups in total. The molecule has 0 unspecified atom stereocenters. The molecule has 0 radical (unpaired) electrons. The van der Waals surface area contributed by atoms with E-state index >= 15 is 0 Å². The number of aromatic nitrogens is 3. The molecule has 7 heteroatoms. The van der Waals surface area contributed by atoms with E-state index in [1.165, 1.54) is 0 Å². The van der Waals surface area contributed by atoms with E-state index in [0.29, 0.717) is 12.3 Å². The first-order valence-electron chi connectivity index (χ1n) is 9.56. The van der Waals surface area contributed by atoms with Crippen LogP contribution in [-0.2, 0) is 26.0 Å². The van der Waals surface area contributed by atoms with Crippen LogP contribution in [0.3, 0.4) is 0 Å². The highest BCUT2D eigenvalue weighted by Gasteiger charge is 2.10. The molecule has 2 aromatic heterocycles. The fraction of sp³-hybridized carbons (Fsp3) is 0.217. The van der Waals surface area contributed by atoms with Crippen molar-refractivity contribution >= 4 is 22.7 Å². The van der Waals surface area contributed by atoms with Crippen LogP contribution in [0.1, 0.15) is 17.0 Å². The molecule has 0 saturated carbocycles. The van der Waals surface area contributed by atoms with Crippen molar-refractivity contribution in [3.05, 3.63) is 77.7 Å². The first kappa shape index (κ1) is 20.3. The Labute approximate surface area is 179 Å². The molecule has 4 aromatic rings. The molecule has 0 aliphatic heterocycles. The van der Waals surface area contributed by atoms with Gasteiger partial charge in [0.05, 0.1) is 19.4 Å². The quantitative estimate of drug-likeness (QED) is 0.427. The third-order valence-electron chi connectivity index (χ3n) is 4.77. The Kier molecular flexibility index (Phi) is 6.21. The van der Waals surface area contributed by atoms with E-state index in [4.69, 9.17) is 9.47 Å². The van der Waals surface area contributed by atoms with Crippen molar-refractivity contribution < 1.29 is 14.6 Å². The van der Waals surface area contributed by atoms with Crippen molar-refractivity contribution in [1.29, 1.82) is 0 Å². The zero-order valence-corrected chi connectivity index (χ0v) is 17.7. The second-order valence-electron chi connectivity index (χ2n) is 6.83. The monoisotopic (exact) mass is 421 g/mol. The largest absolute Gasteiger partial charge is 0.497 e. The number of aliphatic hydroxyl groups is 1. The summed E-state index contributed by atoms with van der Waals surface area (Å²) in [5.74, 6) is 2.32. The zero-order chi connectivity index (χ0) is 20.9. The van der Waals surface area contributed by atoms with Gasteiger partial charge in [0, 0.05) is 35.0 Å². The van der Waals surface area contributed by atoms with Crippen molar-refractivity contribution in [2.24, 2.45) is 7.05 Å². The van der Waals surface area contributed by atoms with Gasteiger partial charge in [0.1, 0.15) is 23.6 Å². The van der Waals surface area contributed by atoms with Crippen molar-refractivity contribution in [3.8, 4) is 11.5 Å². The number of pyridine rings is 1. The van der Waals surface area contributed by atoms with E-state index in [1.807, 2.05) is 60.3 Å². The Balaban J connectivity index is 1.54. The summed E-state index contributed by atoms with van der Waals surface area (Å²) in [7, 11) is 3.55. The van der Waals surface area contributed by atoms with Gasteiger partial charge in [-0.1, -0.05) is 18.2 Å². The summed E-state index contributed by atoms with van der Waals surface area (Å²) in [6.45, 7) is 0.398. The molecule has 0 atom stereocenters. The Morgan fingerprint density at radius 2 is 1.93 bits per heavy atom. The number of ether oxygens (including phenoxy) is 2. The lowest BCUT2D eigenvalue weighted by atomic mass is 10.2. The predicted octanol–water partition coefficient (Wildman–Crippen LogP) is 4.34. The zero-order valence-electron chi connectivity index (χ0n) is 16.9. The van der Waals surface area contributed by atoms with Crippen LogP contribution in [0.5, 0.6) is 11.5 Å². The molecule has 2 heterocycles. The van der Waals surface area contributed by atoms with Gasteiger partial charge in [0.15, 0.2) is 0 Å². The molecule has 2 aromatic carbocycles. The first-order chi connectivity index (χ1) is 14.7. The average Bonchev–Trinajstić information content (AvgIpc) is 3.16. The molecule has 0 spiro atoms. The molecular weight excluding hydrogens is 398 g/mol. The van der Waals surface area contributed by atoms with Crippen LogP contribution in [0.15, 0.2) is 65.7 Å². The summed E-state index contributed by atoms with van der Waals surface area (Å²) in [6.07, 6.45) is 1.78. The molecule has 0 aliphatic rings. The third-order valence-corrected chi connectivity index (χ3v) is 5.78. The second kappa shape index (κ2) is 9.19. The summed E-state index contributed by atoms with van der Waals surface area (Å²) >= 11 is 1.70. The number of rotatable bonds is 8. The van der Waals surface area contributed by atoms with Gasteiger partial charge in [-0.2, -0.15) is 5.10 Å². The number of fused-ring (bicyclic) bond motifs is 1. The van der Waals surface area contributed by atoms with E-state index in [1.54, 1.807) is 25.1 Å². The van der Waals surface area contributed by atoms with Gasteiger partial charge >= 0.3 is 0 Å². The Morgan fingerprint density at radius 3 is 2.67 bits per heavy atom. The maximum atomic E-state index is 9.28. The number of nitrogens with zero attached hydrogens (tertiary/aromatic N) is 3. The molecule has 0 aliphatic carbocycles. The van der Waals surface area contributed by atoms with Crippen LogP contribution >= 0.6 is 11.8 Å². The van der Waals surface area contributed by atoms with Crippen LogP contribution < -0.4 is 9.47 Å². The minimum Gasteiger partial charge on any atom is -0.497 e. The maximum absolute atomic E-state index is 9.28. The minimum absolute atomic E-state index is 0.0521. The maximum Gasteiger partial charge on any atom is 0.147 e. The number of thioether (sulfide) groups is 1. The fourth-order valence-electron chi connectivity index (χ4n) is 3.15. The Bertz CT molecular complexity index is 1140. The highest BCUT2D eigenvalue weighted by Crippen LogP contribution is 2.33. The van der Waals surface area contributed by atoms with E-state index < -0.39 is 0 Å². The average molecular weight is 422 g/mol. The molecule has 4 rings (SSSR count). The van der Waals surface area contributed by atoms with E-state index in [9.17, 15) is 5.11 Å². The Hall–Kier alpha value is -3.03. The van der Waals surface area contributed by atoms with Gasteiger partial charge in [0.2, 0.25) is 0 Å². The standard InChI is InChI=1S/C23H23N3O3S/c1-26-19(11-18(13-27)25-26)15-30-21-10-17-4-3-9-24-23(17)22(12-21)29-14-16-5-7-20(28-2)8-6-16/h3-12,27H,13-15H2,1-2H3. The number of benzene rings is 2. The van der Waals surface area contributed by atoms with Crippen molar-refractivity contribution in [3.63, 3.8) is 0 Å². The normalized spacial score (nSPS) is 11.0. The van der Waals surface area contributed by atoms with Crippen LogP contribution in [0.25, 0.3) is 10.9 Å². The van der Waals surface area contributed by atoms with Gasteiger partial charge in [-0.25, -0.2) is 0 Å². The van der Waals surface area contributed by atoms with Gasteiger partial charge in [0.25, 0.3) is 0 Å². The second-order valence-corrected chi connectivity index (χ2v) is 7.88. The van der Waals surface area contributed by atoms with E-state index in [2.05, 4.69) is 16.1 Å². The molecule has 0 bridgehead atoms. The molecule has 30 heavy (non-hydrogen) atoms. The summed E-state index contributed by atoms with van der Waals surface area (Å²) in [5, 5.41) is 14.6. The SMILES string of the molecule is COc1ccc(COc2cc(SCc3cc(CO)nn3C)cc3cccnc23)cc1. The Morgan fingerprint density at radius 1 is 1.10 bits per heavy atom. The van der Waals surface area contributed by atoms with Crippen molar-refractivity contribution in [2.75, 3.05) is 7.11 Å². The van der Waals surface area contributed by atoms with Gasteiger partial charge in [-0.05, 0) is 42.0 Å². The molecule has 154 valence electrons. The van der Waals surface area contributed by atoms with E-state index in [0.717, 1.165) is 44.3 Å². The highest BCUT2D eigenvalue weighted by molar-refractivity contribution is 7.98.